The molecule has 0 aliphatic heterocycles. The van der Waals surface area contributed by atoms with Crippen LogP contribution in [0.3, 0.4) is 0 Å². The molecule has 12 nitrogen and oxygen atoms in total. The number of carbonyl (C=O) groups is 4. The monoisotopic (exact) mass is 655 g/mol. The highest BCUT2D eigenvalue weighted by Gasteiger charge is 2.33. The van der Waals surface area contributed by atoms with Crippen molar-refractivity contribution >= 4 is 46.2 Å². The zero-order valence-electron chi connectivity index (χ0n) is 26.4. The summed E-state index contributed by atoms with van der Waals surface area (Å²) in [5.41, 5.74) is 4.12. The van der Waals surface area contributed by atoms with Crippen molar-refractivity contribution in [2.75, 3.05) is 26.8 Å². The number of nitrogens with zero attached hydrogens (tertiary/aromatic N) is 1. The molecule has 0 heterocycles. The second-order valence-electron chi connectivity index (χ2n) is 10.7. The van der Waals surface area contributed by atoms with Crippen LogP contribution in [0.15, 0.2) is 66.7 Å². The fourth-order valence-corrected chi connectivity index (χ4v) is 5.11. The molecule has 0 aliphatic carbocycles. The van der Waals surface area contributed by atoms with Crippen molar-refractivity contribution in [3.05, 3.63) is 82.9 Å². The highest BCUT2D eigenvalue weighted by Crippen LogP contribution is 2.32. The van der Waals surface area contributed by atoms with E-state index in [2.05, 4.69) is 21.4 Å². The number of hydrogen-bond donors (Lipinski definition) is 5. The molecule has 248 valence electrons. The van der Waals surface area contributed by atoms with Crippen LogP contribution in [0, 0.1) is 5.92 Å². The number of hydrazine groups is 1. The van der Waals surface area contributed by atoms with Gasteiger partial charge < -0.3 is 30.5 Å². The molecule has 2 unspecified atom stereocenters. The number of aliphatic carboxylic acids is 1. The number of carboxylic acids is 1. The Kier molecular flexibility index (Phi) is 14.2. The topological polar surface area (TPSA) is 158 Å². The molecule has 0 saturated carbocycles. The van der Waals surface area contributed by atoms with Gasteiger partial charge >= 0.3 is 12.0 Å². The van der Waals surface area contributed by atoms with Gasteiger partial charge in [0.15, 0.2) is 6.29 Å². The summed E-state index contributed by atoms with van der Waals surface area (Å²) >= 11 is 5.89. The second-order valence-corrected chi connectivity index (χ2v) is 11.1. The molecule has 3 aromatic rings. The molecule has 4 amide bonds. The predicted molar refractivity (Wildman–Crippen MR) is 175 cm³/mol. The zero-order chi connectivity index (χ0) is 33.6. The molecule has 3 atom stereocenters. The lowest BCUT2D eigenvalue weighted by atomic mass is 9.89. The molecule has 0 saturated heterocycles. The molecule has 3 rings (SSSR count). The maximum Gasteiger partial charge on any atom is 0.329 e. The van der Waals surface area contributed by atoms with E-state index in [1.54, 1.807) is 24.3 Å². The highest BCUT2D eigenvalue weighted by atomic mass is 35.5. The lowest BCUT2D eigenvalue weighted by Crippen LogP contribution is -2.54. The van der Waals surface area contributed by atoms with Crippen molar-refractivity contribution in [3.8, 4) is 0 Å². The first kappa shape index (κ1) is 36.2. The van der Waals surface area contributed by atoms with Gasteiger partial charge in [0.2, 0.25) is 11.8 Å². The Labute approximate surface area is 273 Å². The van der Waals surface area contributed by atoms with Gasteiger partial charge in [0.1, 0.15) is 6.04 Å². The number of fused-ring (bicyclic) bond motifs is 1. The van der Waals surface area contributed by atoms with Crippen molar-refractivity contribution < 1.29 is 33.8 Å². The van der Waals surface area contributed by atoms with E-state index in [0.29, 0.717) is 18.2 Å². The quantitative estimate of drug-likeness (QED) is 0.108. The normalized spacial score (nSPS) is 13.2. The minimum atomic E-state index is -1.40. The average molecular weight is 656 g/mol. The van der Waals surface area contributed by atoms with Crippen LogP contribution in [0.1, 0.15) is 44.4 Å². The van der Waals surface area contributed by atoms with Crippen LogP contribution < -0.4 is 21.4 Å². The van der Waals surface area contributed by atoms with Crippen LogP contribution in [-0.4, -0.2) is 73.1 Å². The molecule has 0 spiro atoms. The SMILES string of the molecule is CCOC(OCC)[C@@H](C)C(NC(=O)C(CC(=O)O)NC(=O)CN(C)NC(=O)NCc1ccc(Cl)cc1)c1cccc2ccccc12. The van der Waals surface area contributed by atoms with E-state index in [0.717, 1.165) is 21.9 Å². The van der Waals surface area contributed by atoms with E-state index in [1.807, 2.05) is 63.2 Å². The zero-order valence-corrected chi connectivity index (χ0v) is 27.2. The number of carboxylic acid groups (broad SMARTS) is 1. The number of urea groups is 1. The molecule has 5 N–H and O–H groups in total. The number of nitrogens with one attached hydrogen (secondary N) is 4. The molecule has 0 fully saturated rings. The van der Waals surface area contributed by atoms with Crippen molar-refractivity contribution in [3.63, 3.8) is 0 Å². The van der Waals surface area contributed by atoms with Gasteiger partial charge in [-0.05, 0) is 47.9 Å². The van der Waals surface area contributed by atoms with E-state index in [-0.39, 0.29) is 13.1 Å². The molecule has 0 aromatic heterocycles. The van der Waals surface area contributed by atoms with E-state index in [1.165, 1.54) is 12.1 Å². The van der Waals surface area contributed by atoms with Gasteiger partial charge in [-0.25, -0.2) is 9.80 Å². The Morgan fingerprint density at radius 2 is 1.57 bits per heavy atom. The largest absolute Gasteiger partial charge is 0.481 e. The standard InChI is InChI=1S/C33H42ClN5O7/c1-5-45-32(46-6-2)21(3)30(26-13-9-11-23-10-7-8-12-25(23)26)37-31(43)27(18-29(41)42)36-28(40)20-39(4)38-33(44)35-19-22-14-16-24(34)17-15-22/h7-17,21,27,30,32H,5-6,18-20H2,1-4H3,(H,36,40)(H,37,43)(H,41,42)(H2,35,38,44)/t21-,27?,30?/m0/s1. The minimum absolute atomic E-state index is 0.230. The number of likely N-dealkylation sites (N-methyl/N-ethyl adjacent to an activating group) is 1. The summed E-state index contributed by atoms with van der Waals surface area (Å²) in [5, 5.41) is 21.4. The highest BCUT2D eigenvalue weighted by molar-refractivity contribution is 6.30. The van der Waals surface area contributed by atoms with E-state index in [4.69, 9.17) is 21.1 Å². The Hall–Kier alpha value is -4.23. The summed E-state index contributed by atoms with van der Waals surface area (Å²) in [6, 6.07) is 17.8. The Bertz CT molecular complexity index is 1460. The molecular formula is C33H42ClN5O7. The van der Waals surface area contributed by atoms with Crippen LogP contribution >= 0.6 is 11.6 Å². The molecular weight excluding hydrogens is 614 g/mol. The number of ether oxygens (including phenoxy) is 2. The van der Waals surface area contributed by atoms with Gasteiger partial charge in [-0.1, -0.05) is 73.1 Å². The summed E-state index contributed by atoms with van der Waals surface area (Å²) in [4.78, 5) is 50.7. The average Bonchev–Trinajstić information content (AvgIpc) is 3.02. The Balaban J connectivity index is 1.73. The van der Waals surface area contributed by atoms with Crippen molar-refractivity contribution in [1.82, 2.24) is 26.4 Å². The number of benzene rings is 3. The molecule has 3 aromatic carbocycles. The van der Waals surface area contributed by atoms with Gasteiger partial charge in [-0.15, -0.1) is 0 Å². The summed E-state index contributed by atoms with van der Waals surface area (Å²) in [6.07, 6.45) is -1.33. The van der Waals surface area contributed by atoms with E-state index in [9.17, 15) is 24.3 Å². The van der Waals surface area contributed by atoms with Crippen molar-refractivity contribution in [2.24, 2.45) is 5.92 Å². The Morgan fingerprint density at radius 1 is 0.913 bits per heavy atom. The minimum Gasteiger partial charge on any atom is -0.481 e. The number of carbonyl (C=O) groups excluding carboxylic acids is 3. The summed E-state index contributed by atoms with van der Waals surface area (Å²) < 4.78 is 11.7. The van der Waals surface area contributed by atoms with Crippen LogP contribution in [0.25, 0.3) is 10.8 Å². The van der Waals surface area contributed by atoms with Gasteiger partial charge in [0, 0.05) is 37.7 Å². The smallest absolute Gasteiger partial charge is 0.329 e. The van der Waals surface area contributed by atoms with Crippen LogP contribution in [0.5, 0.6) is 0 Å². The van der Waals surface area contributed by atoms with Crippen LogP contribution in [0.4, 0.5) is 4.79 Å². The van der Waals surface area contributed by atoms with Crippen molar-refractivity contribution in [1.29, 1.82) is 0 Å². The van der Waals surface area contributed by atoms with E-state index < -0.39 is 54.5 Å². The summed E-state index contributed by atoms with van der Waals surface area (Å²) in [5.74, 6) is -3.04. The van der Waals surface area contributed by atoms with Gasteiger partial charge in [-0.3, -0.25) is 19.8 Å². The molecule has 0 aliphatic rings. The fraction of sp³-hybridized carbons (Fsp3) is 0.394. The third-order valence-electron chi connectivity index (χ3n) is 7.14. The van der Waals surface area contributed by atoms with Gasteiger partial charge in [0.25, 0.3) is 0 Å². The number of hydrogen-bond acceptors (Lipinski definition) is 7. The van der Waals surface area contributed by atoms with Crippen molar-refractivity contribution in [2.45, 2.75) is 52.1 Å². The first-order valence-electron chi connectivity index (χ1n) is 15.0. The van der Waals surface area contributed by atoms with Gasteiger partial charge in [-0.2, -0.15) is 0 Å². The number of halogens is 1. The molecule has 0 radical (unpaired) electrons. The molecule has 13 heteroatoms. The second kappa shape index (κ2) is 18.1. The van der Waals surface area contributed by atoms with Gasteiger partial charge in [0.05, 0.1) is 19.0 Å². The third kappa shape index (κ3) is 11.0. The fourth-order valence-electron chi connectivity index (χ4n) is 4.98. The first-order chi connectivity index (χ1) is 22.0. The predicted octanol–water partition coefficient (Wildman–Crippen LogP) is 3.99. The number of rotatable bonds is 17. The van der Waals surface area contributed by atoms with Crippen LogP contribution in [-0.2, 0) is 30.4 Å². The molecule has 46 heavy (non-hydrogen) atoms. The first-order valence-corrected chi connectivity index (χ1v) is 15.4. The van der Waals surface area contributed by atoms with E-state index >= 15 is 0 Å². The third-order valence-corrected chi connectivity index (χ3v) is 7.40. The maximum absolute atomic E-state index is 13.7. The Morgan fingerprint density at radius 3 is 2.22 bits per heavy atom. The lowest BCUT2D eigenvalue weighted by molar-refractivity contribution is -0.170. The van der Waals surface area contributed by atoms with Crippen LogP contribution in [0.2, 0.25) is 5.02 Å². The summed E-state index contributed by atoms with van der Waals surface area (Å²) in [7, 11) is 1.47. The summed E-state index contributed by atoms with van der Waals surface area (Å²) in [6.45, 7) is 6.21. The maximum atomic E-state index is 13.7. The number of amides is 4. The lowest BCUT2D eigenvalue weighted by Gasteiger charge is -2.33. The molecule has 0 bridgehead atoms.